The molecule has 0 bridgehead atoms. The number of fused-ring (bicyclic) bond motifs is 1. The lowest BCUT2D eigenvalue weighted by Gasteiger charge is -2.09. The molecular weight excluding hydrogens is 280 g/mol. The first-order valence-electron chi connectivity index (χ1n) is 8.12. The van der Waals surface area contributed by atoms with Gasteiger partial charge in [-0.3, -0.25) is 0 Å². The van der Waals surface area contributed by atoms with Gasteiger partial charge in [-0.15, -0.1) is 0 Å². The molecule has 0 N–H and O–H groups in total. The topological polar surface area (TPSA) is 28.7 Å². The zero-order chi connectivity index (χ0) is 15.6. The maximum atomic E-state index is 9.34. The van der Waals surface area contributed by atoms with Gasteiger partial charge in [-0.05, 0) is 24.0 Å². The molecule has 0 amide bonds. The number of aromatic nitrogens is 1. The lowest BCUT2D eigenvalue weighted by molar-refractivity contribution is 0.722. The van der Waals surface area contributed by atoms with Crippen LogP contribution in [0.5, 0.6) is 0 Å². The highest BCUT2D eigenvalue weighted by atomic mass is 15.0. The molecule has 1 aliphatic heterocycles. The quantitative estimate of drug-likeness (QED) is 0.680. The van der Waals surface area contributed by atoms with Crippen molar-refractivity contribution in [3.8, 4) is 28.3 Å². The van der Waals surface area contributed by atoms with Gasteiger partial charge in [0, 0.05) is 29.1 Å². The van der Waals surface area contributed by atoms with Crippen molar-refractivity contribution in [2.75, 3.05) is 0 Å². The Morgan fingerprint density at radius 2 is 1.48 bits per heavy atom. The Morgan fingerprint density at radius 1 is 0.870 bits per heavy atom. The van der Waals surface area contributed by atoms with Gasteiger partial charge in [-0.1, -0.05) is 60.7 Å². The zero-order valence-electron chi connectivity index (χ0n) is 13.0. The molecule has 0 fully saturated rings. The first-order valence-corrected chi connectivity index (χ1v) is 8.12. The van der Waals surface area contributed by atoms with Gasteiger partial charge in [0.2, 0.25) is 0 Å². The summed E-state index contributed by atoms with van der Waals surface area (Å²) < 4.78 is 2.38. The summed E-state index contributed by atoms with van der Waals surface area (Å²) in [6.07, 6.45) is 2.72. The SMILES string of the molecule is N#CCc1c(-c2ccccc2)c(-c2ccccc2)c2n1CCC2. The minimum absolute atomic E-state index is 0.462. The lowest BCUT2D eigenvalue weighted by atomic mass is 9.93. The van der Waals surface area contributed by atoms with Crippen molar-refractivity contribution in [1.82, 2.24) is 4.57 Å². The van der Waals surface area contributed by atoms with Crippen LogP contribution in [0.25, 0.3) is 22.3 Å². The summed E-state index contributed by atoms with van der Waals surface area (Å²) in [5, 5.41) is 9.34. The molecule has 0 radical (unpaired) electrons. The molecule has 2 aromatic carbocycles. The molecule has 2 heteroatoms. The number of rotatable bonds is 3. The van der Waals surface area contributed by atoms with Gasteiger partial charge in [0.1, 0.15) is 0 Å². The summed E-state index contributed by atoms with van der Waals surface area (Å²) in [7, 11) is 0. The van der Waals surface area contributed by atoms with E-state index in [-0.39, 0.29) is 0 Å². The normalized spacial score (nSPS) is 12.8. The predicted molar refractivity (Wildman–Crippen MR) is 92.9 cm³/mol. The molecule has 0 aliphatic carbocycles. The Balaban J connectivity index is 2.05. The maximum Gasteiger partial charge on any atom is 0.0761 e. The van der Waals surface area contributed by atoms with Crippen LogP contribution in [0.15, 0.2) is 60.7 Å². The summed E-state index contributed by atoms with van der Waals surface area (Å²) in [4.78, 5) is 0. The second kappa shape index (κ2) is 5.78. The molecule has 4 rings (SSSR count). The molecule has 1 aliphatic rings. The van der Waals surface area contributed by atoms with Gasteiger partial charge in [-0.2, -0.15) is 5.26 Å². The highest BCUT2D eigenvalue weighted by Gasteiger charge is 2.26. The van der Waals surface area contributed by atoms with Gasteiger partial charge in [0.05, 0.1) is 12.5 Å². The van der Waals surface area contributed by atoms with Crippen LogP contribution in [0.1, 0.15) is 17.8 Å². The Hall–Kier alpha value is -2.79. The highest BCUT2D eigenvalue weighted by molar-refractivity contribution is 5.88. The lowest BCUT2D eigenvalue weighted by Crippen LogP contribution is -1.99. The molecular formula is C21H18N2. The summed E-state index contributed by atoms with van der Waals surface area (Å²) in [5.41, 5.74) is 7.58. The number of benzene rings is 2. The van der Waals surface area contributed by atoms with E-state index in [1.165, 1.54) is 40.1 Å². The van der Waals surface area contributed by atoms with Crippen molar-refractivity contribution in [2.24, 2.45) is 0 Å². The van der Waals surface area contributed by atoms with Gasteiger partial charge in [-0.25, -0.2) is 0 Å². The van der Waals surface area contributed by atoms with E-state index in [4.69, 9.17) is 0 Å². The summed E-state index contributed by atoms with van der Waals surface area (Å²) in [6.45, 7) is 1.03. The van der Waals surface area contributed by atoms with E-state index in [2.05, 4.69) is 65.2 Å². The van der Waals surface area contributed by atoms with E-state index in [0.717, 1.165) is 13.0 Å². The predicted octanol–water partition coefficient (Wildman–Crippen LogP) is 4.83. The molecule has 23 heavy (non-hydrogen) atoms. The van der Waals surface area contributed by atoms with E-state index in [9.17, 15) is 5.26 Å². The molecule has 112 valence electrons. The smallest absolute Gasteiger partial charge is 0.0761 e. The van der Waals surface area contributed by atoms with E-state index >= 15 is 0 Å². The average molecular weight is 298 g/mol. The van der Waals surface area contributed by atoms with Crippen LogP contribution in [0.3, 0.4) is 0 Å². The number of nitriles is 1. The van der Waals surface area contributed by atoms with Crippen LogP contribution in [-0.2, 0) is 19.4 Å². The summed E-state index contributed by atoms with van der Waals surface area (Å²) in [5.74, 6) is 0. The first-order chi connectivity index (χ1) is 11.4. The molecule has 1 aromatic heterocycles. The Kier molecular flexibility index (Phi) is 3.48. The molecule has 0 unspecified atom stereocenters. The average Bonchev–Trinajstić information content (AvgIpc) is 3.18. The van der Waals surface area contributed by atoms with Crippen LogP contribution in [-0.4, -0.2) is 4.57 Å². The minimum atomic E-state index is 0.462. The number of hydrogen-bond acceptors (Lipinski definition) is 1. The molecule has 3 aromatic rings. The van der Waals surface area contributed by atoms with Gasteiger partial charge in [0.25, 0.3) is 0 Å². The maximum absolute atomic E-state index is 9.34. The first kappa shape index (κ1) is 13.8. The fourth-order valence-electron chi connectivity index (χ4n) is 3.75. The number of nitrogens with zero attached hydrogens (tertiary/aromatic N) is 2. The third-order valence-electron chi connectivity index (χ3n) is 4.65. The van der Waals surface area contributed by atoms with E-state index < -0.39 is 0 Å². The zero-order valence-corrected chi connectivity index (χ0v) is 13.0. The highest BCUT2D eigenvalue weighted by Crippen LogP contribution is 2.42. The van der Waals surface area contributed by atoms with E-state index in [1.807, 2.05) is 6.07 Å². The minimum Gasteiger partial charge on any atom is -0.346 e. The van der Waals surface area contributed by atoms with Crippen LogP contribution in [0.2, 0.25) is 0 Å². The number of hydrogen-bond donors (Lipinski definition) is 0. The van der Waals surface area contributed by atoms with E-state index in [0.29, 0.717) is 6.42 Å². The summed E-state index contributed by atoms with van der Waals surface area (Å²) >= 11 is 0. The van der Waals surface area contributed by atoms with Crippen molar-refractivity contribution in [3.05, 3.63) is 72.1 Å². The van der Waals surface area contributed by atoms with E-state index in [1.54, 1.807) is 0 Å². The Bertz CT molecular complexity index is 868. The van der Waals surface area contributed by atoms with Crippen LogP contribution in [0, 0.1) is 11.3 Å². The van der Waals surface area contributed by atoms with Crippen LogP contribution < -0.4 is 0 Å². The van der Waals surface area contributed by atoms with Crippen molar-refractivity contribution in [1.29, 1.82) is 5.26 Å². The van der Waals surface area contributed by atoms with Crippen molar-refractivity contribution < 1.29 is 0 Å². The largest absolute Gasteiger partial charge is 0.346 e. The molecule has 0 atom stereocenters. The molecule has 0 saturated carbocycles. The second-order valence-electron chi connectivity index (χ2n) is 5.97. The molecule has 0 spiro atoms. The monoisotopic (exact) mass is 298 g/mol. The Morgan fingerprint density at radius 3 is 2.09 bits per heavy atom. The van der Waals surface area contributed by atoms with Crippen LogP contribution >= 0.6 is 0 Å². The molecule has 0 saturated heterocycles. The fraction of sp³-hybridized carbons (Fsp3) is 0.190. The summed E-state index contributed by atoms with van der Waals surface area (Å²) in [6, 6.07) is 23.4. The van der Waals surface area contributed by atoms with Gasteiger partial charge in [0.15, 0.2) is 0 Å². The van der Waals surface area contributed by atoms with Crippen LogP contribution in [0.4, 0.5) is 0 Å². The third-order valence-corrected chi connectivity index (χ3v) is 4.65. The molecule has 2 heterocycles. The van der Waals surface area contributed by atoms with Crippen molar-refractivity contribution >= 4 is 0 Å². The van der Waals surface area contributed by atoms with Crippen molar-refractivity contribution in [3.63, 3.8) is 0 Å². The molecule has 2 nitrogen and oxygen atoms in total. The second-order valence-corrected chi connectivity index (χ2v) is 5.97. The fourth-order valence-corrected chi connectivity index (χ4v) is 3.75. The van der Waals surface area contributed by atoms with Gasteiger partial charge < -0.3 is 4.57 Å². The third kappa shape index (κ3) is 2.26. The van der Waals surface area contributed by atoms with Gasteiger partial charge >= 0.3 is 0 Å². The van der Waals surface area contributed by atoms with Crippen molar-refractivity contribution in [2.45, 2.75) is 25.8 Å². The Labute approximate surface area is 136 Å². The standard InChI is InChI=1S/C21H18N2/c22-14-13-19-21(17-10-5-2-6-11-17)20(16-8-3-1-4-9-16)18-12-7-15-23(18)19/h1-6,8-11H,7,12-13,15H2.